The number of rotatable bonds is 7. The Kier molecular flexibility index (Phi) is 6.32. The lowest BCUT2D eigenvalue weighted by Gasteiger charge is -2.19. The molecule has 5 N–H and O–H groups in total. The van der Waals surface area contributed by atoms with Crippen molar-refractivity contribution in [3.05, 3.63) is 12.2 Å². The van der Waals surface area contributed by atoms with Gasteiger partial charge in [-0.15, -0.1) is 0 Å². The number of hydrogen-bond acceptors (Lipinski definition) is 3. The molecule has 0 aliphatic rings. The van der Waals surface area contributed by atoms with E-state index in [1.807, 2.05) is 0 Å². The molecule has 0 saturated heterocycles. The molecule has 1 atom stereocenters. The minimum atomic E-state index is -1.78. The van der Waals surface area contributed by atoms with Crippen molar-refractivity contribution < 1.29 is 14.3 Å². The highest BCUT2D eigenvalue weighted by Gasteiger charge is 2.32. The average molecular weight is 231 g/mol. The lowest BCUT2D eigenvalue weighted by atomic mass is 9.96. The van der Waals surface area contributed by atoms with Crippen molar-refractivity contribution in [2.45, 2.75) is 25.3 Å². The lowest BCUT2D eigenvalue weighted by molar-refractivity contribution is -0.144. The Morgan fingerprint density at radius 2 is 2.19 bits per heavy atom. The second-order valence-electron chi connectivity index (χ2n) is 3.59. The van der Waals surface area contributed by atoms with E-state index in [1.165, 1.54) is 0 Å². The number of nitrogens with zero attached hydrogens (tertiary/aromatic N) is 1. The van der Waals surface area contributed by atoms with Gasteiger partial charge in [0, 0.05) is 0 Å². The van der Waals surface area contributed by atoms with Gasteiger partial charge in [0.25, 0.3) is 0 Å². The van der Waals surface area contributed by atoms with Gasteiger partial charge in [-0.2, -0.15) is 0 Å². The smallest absolute Gasteiger partial charge is 0.326 e. The van der Waals surface area contributed by atoms with Crippen LogP contribution in [-0.2, 0) is 4.79 Å². The fraction of sp³-hybridized carbons (Fsp3) is 0.600. The summed E-state index contributed by atoms with van der Waals surface area (Å²) >= 11 is 0. The molecule has 0 radical (unpaired) electrons. The van der Waals surface area contributed by atoms with Gasteiger partial charge in [-0.3, -0.25) is 9.79 Å². The molecule has 0 unspecified atom stereocenters. The summed E-state index contributed by atoms with van der Waals surface area (Å²) in [6, 6.07) is 0. The number of carboxylic acid groups (broad SMARTS) is 1. The van der Waals surface area contributed by atoms with Gasteiger partial charge < -0.3 is 16.6 Å². The predicted molar refractivity (Wildman–Crippen MR) is 61.1 cm³/mol. The first-order chi connectivity index (χ1) is 7.42. The van der Waals surface area contributed by atoms with Crippen LogP contribution in [0.2, 0.25) is 0 Å². The monoisotopic (exact) mass is 231 g/mol. The van der Waals surface area contributed by atoms with Crippen molar-refractivity contribution in [3.8, 4) is 0 Å². The lowest BCUT2D eigenvalue weighted by Crippen LogP contribution is -2.49. The van der Waals surface area contributed by atoms with Crippen LogP contribution in [-0.4, -0.2) is 35.7 Å². The second kappa shape index (κ2) is 6.95. The average Bonchev–Trinajstić information content (AvgIpc) is 2.22. The van der Waals surface area contributed by atoms with Crippen LogP contribution >= 0.6 is 0 Å². The third-order valence-corrected chi connectivity index (χ3v) is 2.03. The molecule has 0 aromatic rings. The van der Waals surface area contributed by atoms with E-state index in [-0.39, 0.29) is 6.42 Å². The Morgan fingerprint density at radius 1 is 1.56 bits per heavy atom. The van der Waals surface area contributed by atoms with Crippen molar-refractivity contribution in [3.63, 3.8) is 0 Å². The van der Waals surface area contributed by atoms with Gasteiger partial charge in [-0.25, -0.2) is 4.39 Å². The Hall–Kier alpha value is -1.43. The molecule has 6 heteroatoms. The first-order valence-electron chi connectivity index (χ1n) is 4.92. The summed E-state index contributed by atoms with van der Waals surface area (Å²) in [5.74, 6) is -0.841. The zero-order valence-corrected chi connectivity index (χ0v) is 9.32. The van der Waals surface area contributed by atoms with Gasteiger partial charge in [-0.1, -0.05) is 12.2 Å². The Balaban J connectivity index is 3.97. The van der Waals surface area contributed by atoms with E-state index in [1.54, 1.807) is 19.1 Å². The standard InChI is InChI=1S/C10H18FN3O2/c1-8(12)14-6-4-2-3-5-10(13,7-11)9(15)16/h2,4H,3,5-7,13H2,1H3,(H2,12,14)(H,15,16)/b4-2-/t10-/m0/s1. The van der Waals surface area contributed by atoms with Gasteiger partial charge in [0.2, 0.25) is 0 Å². The number of hydrogen-bond donors (Lipinski definition) is 3. The normalized spacial score (nSPS) is 16.3. The number of alkyl halides is 1. The SMILES string of the molecule is CC(N)=NC/C=C\CC[C@](N)(CF)C(=O)O. The fourth-order valence-electron chi connectivity index (χ4n) is 0.961. The zero-order valence-electron chi connectivity index (χ0n) is 9.32. The Bertz CT molecular complexity index is 288. The van der Waals surface area contributed by atoms with E-state index < -0.39 is 18.2 Å². The van der Waals surface area contributed by atoms with Gasteiger partial charge in [0.15, 0.2) is 0 Å². The number of aliphatic imine (C=N–C) groups is 1. The van der Waals surface area contributed by atoms with Crippen molar-refractivity contribution in [2.24, 2.45) is 16.5 Å². The van der Waals surface area contributed by atoms with Gasteiger partial charge >= 0.3 is 5.97 Å². The van der Waals surface area contributed by atoms with E-state index in [9.17, 15) is 9.18 Å². The molecule has 0 aromatic heterocycles. The topological polar surface area (TPSA) is 102 Å². The highest BCUT2D eigenvalue weighted by atomic mass is 19.1. The highest BCUT2D eigenvalue weighted by Crippen LogP contribution is 2.11. The van der Waals surface area contributed by atoms with Gasteiger partial charge in [0.05, 0.1) is 12.4 Å². The summed E-state index contributed by atoms with van der Waals surface area (Å²) in [4.78, 5) is 14.5. The minimum absolute atomic E-state index is 0.0562. The van der Waals surface area contributed by atoms with E-state index in [0.29, 0.717) is 18.8 Å². The molecule has 5 nitrogen and oxygen atoms in total. The number of halogens is 1. The number of allylic oxidation sites excluding steroid dienone is 1. The maximum Gasteiger partial charge on any atom is 0.326 e. The second-order valence-corrected chi connectivity index (χ2v) is 3.59. The quantitative estimate of drug-likeness (QED) is 0.336. The molecule has 92 valence electrons. The molecule has 0 saturated carbocycles. The molecule has 16 heavy (non-hydrogen) atoms. The molecule has 0 heterocycles. The molecule has 0 spiro atoms. The largest absolute Gasteiger partial charge is 0.480 e. The van der Waals surface area contributed by atoms with Crippen LogP contribution in [0.3, 0.4) is 0 Å². The zero-order chi connectivity index (χ0) is 12.6. The number of aliphatic carboxylic acids is 1. The highest BCUT2D eigenvalue weighted by molar-refractivity contribution is 5.78. The van der Waals surface area contributed by atoms with Crippen LogP contribution in [0.15, 0.2) is 17.1 Å². The fourth-order valence-corrected chi connectivity index (χ4v) is 0.961. The van der Waals surface area contributed by atoms with E-state index in [0.717, 1.165) is 0 Å². The third kappa shape index (κ3) is 5.45. The summed E-state index contributed by atoms with van der Waals surface area (Å²) in [7, 11) is 0. The van der Waals surface area contributed by atoms with Crippen LogP contribution in [0.4, 0.5) is 4.39 Å². The molecule has 0 rings (SSSR count). The van der Waals surface area contributed by atoms with Crippen LogP contribution in [0.1, 0.15) is 19.8 Å². The van der Waals surface area contributed by atoms with Gasteiger partial charge in [-0.05, 0) is 19.8 Å². The van der Waals surface area contributed by atoms with E-state index >= 15 is 0 Å². The number of amidine groups is 1. The summed E-state index contributed by atoms with van der Waals surface area (Å²) < 4.78 is 12.4. The van der Waals surface area contributed by atoms with Crippen molar-refractivity contribution in [1.29, 1.82) is 0 Å². The molecule has 0 aromatic carbocycles. The summed E-state index contributed by atoms with van der Waals surface area (Å²) in [6.07, 6.45) is 3.90. The maximum absolute atomic E-state index is 12.4. The summed E-state index contributed by atoms with van der Waals surface area (Å²) in [5, 5.41) is 8.68. The van der Waals surface area contributed by atoms with Crippen molar-refractivity contribution in [2.75, 3.05) is 13.2 Å². The molecular weight excluding hydrogens is 213 g/mol. The Morgan fingerprint density at radius 3 is 2.62 bits per heavy atom. The minimum Gasteiger partial charge on any atom is -0.480 e. The van der Waals surface area contributed by atoms with Crippen LogP contribution in [0.25, 0.3) is 0 Å². The van der Waals surface area contributed by atoms with Crippen LogP contribution < -0.4 is 11.5 Å². The van der Waals surface area contributed by atoms with Crippen LogP contribution in [0, 0.1) is 0 Å². The maximum atomic E-state index is 12.4. The first-order valence-corrected chi connectivity index (χ1v) is 4.92. The third-order valence-electron chi connectivity index (χ3n) is 2.03. The molecule has 0 aliphatic carbocycles. The molecule has 0 fully saturated rings. The number of carboxylic acids is 1. The Labute approximate surface area is 94.0 Å². The number of nitrogens with two attached hydrogens (primary N) is 2. The van der Waals surface area contributed by atoms with E-state index in [4.69, 9.17) is 16.6 Å². The van der Waals surface area contributed by atoms with E-state index in [2.05, 4.69) is 4.99 Å². The summed E-state index contributed by atoms with van der Waals surface area (Å²) in [6.45, 7) is 1.03. The predicted octanol–water partition coefficient (Wildman–Crippen LogP) is 0.452. The first kappa shape index (κ1) is 14.6. The molecule has 0 amide bonds. The van der Waals surface area contributed by atoms with Crippen LogP contribution in [0.5, 0.6) is 0 Å². The molecular formula is C10H18FN3O2. The van der Waals surface area contributed by atoms with Crippen molar-refractivity contribution in [1.82, 2.24) is 0 Å². The number of carbonyl (C=O) groups is 1. The van der Waals surface area contributed by atoms with Gasteiger partial charge in [0.1, 0.15) is 12.2 Å². The molecule has 0 bridgehead atoms. The van der Waals surface area contributed by atoms with Crippen molar-refractivity contribution >= 4 is 11.8 Å². The molecule has 0 aliphatic heterocycles. The summed E-state index contributed by atoms with van der Waals surface area (Å²) in [5.41, 5.74) is 8.87.